The second-order valence-corrected chi connectivity index (χ2v) is 5.91. The molecule has 2 N–H and O–H groups in total. The van der Waals surface area contributed by atoms with Gasteiger partial charge in [-0.25, -0.2) is 0 Å². The van der Waals surface area contributed by atoms with Gasteiger partial charge in [-0.3, -0.25) is 4.99 Å². The van der Waals surface area contributed by atoms with Gasteiger partial charge in [0.2, 0.25) is 0 Å². The number of ether oxygens (including phenoxy) is 1. The van der Waals surface area contributed by atoms with Crippen LogP contribution >= 0.6 is 0 Å². The number of hydrogen-bond acceptors (Lipinski definition) is 2. The first-order valence-corrected chi connectivity index (χ1v) is 8.28. The van der Waals surface area contributed by atoms with Gasteiger partial charge in [-0.2, -0.15) is 0 Å². The number of rotatable bonds is 8. The number of unbranched alkanes of at least 4 members (excludes halogenated alkanes) is 1. The van der Waals surface area contributed by atoms with Gasteiger partial charge in [0, 0.05) is 33.4 Å². The van der Waals surface area contributed by atoms with Crippen LogP contribution < -0.4 is 10.6 Å². The molecular weight excluding hydrogens is 250 g/mol. The zero-order chi connectivity index (χ0) is 14.6. The zero-order valence-electron chi connectivity index (χ0n) is 13.6. The Kier molecular flexibility index (Phi) is 9.46. The highest BCUT2D eigenvalue weighted by molar-refractivity contribution is 5.79. The first-order valence-electron chi connectivity index (χ1n) is 8.28. The van der Waals surface area contributed by atoms with E-state index < -0.39 is 0 Å². The maximum absolute atomic E-state index is 5.33. The van der Waals surface area contributed by atoms with Gasteiger partial charge in [-0.05, 0) is 44.4 Å². The minimum atomic E-state index is 0.816. The predicted molar refractivity (Wildman–Crippen MR) is 86.2 cm³/mol. The second-order valence-electron chi connectivity index (χ2n) is 5.91. The van der Waals surface area contributed by atoms with Gasteiger partial charge in [0.25, 0.3) is 0 Å². The van der Waals surface area contributed by atoms with E-state index >= 15 is 0 Å². The van der Waals surface area contributed by atoms with Crippen molar-refractivity contribution in [3.8, 4) is 0 Å². The lowest BCUT2D eigenvalue weighted by molar-refractivity contribution is 0.143. The van der Waals surface area contributed by atoms with Crippen molar-refractivity contribution < 1.29 is 4.74 Å². The van der Waals surface area contributed by atoms with Crippen LogP contribution in [-0.2, 0) is 4.74 Å². The highest BCUT2D eigenvalue weighted by Gasteiger charge is 2.18. The zero-order valence-corrected chi connectivity index (χ0v) is 13.6. The van der Waals surface area contributed by atoms with Crippen molar-refractivity contribution in [1.29, 1.82) is 0 Å². The molecular formula is C16H33N3O. The fourth-order valence-corrected chi connectivity index (χ4v) is 2.68. The van der Waals surface area contributed by atoms with Gasteiger partial charge < -0.3 is 15.4 Å². The molecule has 0 heterocycles. The van der Waals surface area contributed by atoms with Crippen LogP contribution in [0.15, 0.2) is 4.99 Å². The number of nitrogens with one attached hydrogen (secondary N) is 2. The Morgan fingerprint density at radius 2 is 1.90 bits per heavy atom. The van der Waals surface area contributed by atoms with E-state index in [2.05, 4.69) is 22.5 Å². The highest BCUT2D eigenvalue weighted by atomic mass is 16.5. The third-order valence-corrected chi connectivity index (χ3v) is 4.13. The molecule has 0 atom stereocenters. The summed E-state index contributed by atoms with van der Waals surface area (Å²) in [5.74, 6) is 2.69. The van der Waals surface area contributed by atoms with Crippen LogP contribution in [0.4, 0.5) is 0 Å². The van der Waals surface area contributed by atoms with Crippen molar-refractivity contribution in [2.24, 2.45) is 16.8 Å². The van der Waals surface area contributed by atoms with E-state index in [0.717, 1.165) is 56.9 Å². The van der Waals surface area contributed by atoms with Gasteiger partial charge in [-0.15, -0.1) is 0 Å². The molecule has 1 aliphatic rings. The quantitative estimate of drug-likeness (QED) is 0.409. The second kappa shape index (κ2) is 11.0. The molecule has 4 heteroatoms. The molecule has 1 saturated carbocycles. The van der Waals surface area contributed by atoms with Gasteiger partial charge in [0.1, 0.15) is 0 Å². The van der Waals surface area contributed by atoms with Crippen molar-refractivity contribution in [3.63, 3.8) is 0 Å². The van der Waals surface area contributed by atoms with E-state index in [4.69, 9.17) is 4.74 Å². The summed E-state index contributed by atoms with van der Waals surface area (Å²) in [6.45, 7) is 8.11. The maximum Gasteiger partial charge on any atom is 0.190 e. The summed E-state index contributed by atoms with van der Waals surface area (Å²) in [6, 6.07) is 0. The molecule has 20 heavy (non-hydrogen) atoms. The largest absolute Gasteiger partial charge is 0.382 e. The van der Waals surface area contributed by atoms with E-state index in [0.29, 0.717) is 0 Å². The van der Waals surface area contributed by atoms with E-state index in [1.807, 2.05) is 14.0 Å². The van der Waals surface area contributed by atoms with E-state index in [1.165, 1.54) is 25.7 Å². The van der Waals surface area contributed by atoms with Crippen molar-refractivity contribution in [2.45, 2.75) is 52.4 Å². The lowest BCUT2D eigenvalue weighted by atomic mass is 9.83. The maximum atomic E-state index is 5.33. The van der Waals surface area contributed by atoms with Gasteiger partial charge >= 0.3 is 0 Å². The topological polar surface area (TPSA) is 45.6 Å². The van der Waals surface area contributed by atoms with E-state index in [1.54, 1.807) is 0 Å². The molecule has 0 aliphatic heterocycles. The Labute approximate surface area is 124 Å². The molecule has 1 rings (SSSR count). The van der Waals surface area contributed by atoms with Crippen LogP contribution in [0.3, 0.4) is 0 Å². The summed E-state index contributed by atoms with van der Waals surface area (Å²) in [7, 11) is 1.85. The molecule has 0 saturated heterocycles. The molecule has 0 aromatic heterocycles. The molecule has 0 unspecified atom stereocenters. The fraction of sp³-hybridized carbons (Fsp3) is 0.938. The minimum Gasteiger partial charge on any atom is -0.382 e. The summed E-state index contributed by atoms with van der Waals surface area (Å²) in [5, 5.41) is 6.84. The summed E-state index contributed by atoms with van der Waals surface area (Å²) < 4.78 is 5.33. The van der Waals surface area contributed by atoms with Crippen LogP contribution in [0.2, 0.25) is 0 Å². The molecule has 1 aliphatic carbocycles. The predicted octanol–water partition coefficient (Wildman–Crippen LogP) is 2.79. The number of nitrogens with zero attached hydrogens (tertiary/aromatic N) is 1. The Morgan fingerprint density at radius 3 is 2.55 bits per heavy atom. The van der Waals surface area contributed by atoms with Crippen LogP contribution in [0.5, 0.6) is 0 Å². The van der Waals surface area contributed by atoms with Crippen molar-refractivity contribution >= 4 is 5.96 Å². The average Bonchev–Trinajstić information content (AvgIpc) is 2.47. The van der Waals surface area contributed by atoms with E-state index in [-0.39, 0.29) is 0 Å². The Balaban J connectivity index is 2.05. The SMILES string of the molecule is CCOCCCCNC(=NC)NCC1CCC(C)CC1. The summed E-state index contributed by atoms with van der Waals surface area (Å²) in [6.07, 6.45) is 7.73. The number of hydrogen-bond donors (Lipinski definition) is 2. The van der Waals surface area contributed by atoms with Gasteiger partial charge in [0.05, 0.1) is 0 Å². The number of aliphatic imine (C=N–C) groups is 1. The van der Waals surface area contributed by atoms with E-state index in [9.17, 15) is 0 Å². The minimum absolute atomic E-state index is 0.816. The molecule has 0 amide bonds. The van der Waals surface area contributed by atoms with Gasteiger partial charge in [-0.1, -0.05) is 19.8 Å². The Morgan fingerprint density at radius 1 is 1.15 bits per heavy atom. The lowest BCUT2D eigenvalue weighted by Gasteiger charge is -2.26. The van der Waals surface area contributed by atoms with Crippen LogP contribution in [0, 0.1) is 11.8 Å². The molecule has 1 fully saturated rings. The summed E-state index contributed by atoms with van der Waals surface area (Å²) in [4.78, 5) is 4.28. The van der Waals surface area contributed by atoms with Crippen LogP contribution in [-0.4, -0.2) is 39.3 Å². The smallest absolute Gasteiger partial charge is 0.190 e. The van der Waals surface area contributed by atoms with Crippen LogP contribution in [0.1, 0.15) is 52.4 Å². The van der Waals surface area contributed by atoms with Crippen molar-refractivity contribution in [2.75, 3.05) is 33.4 Å². The third-order valence-electron chi connectivity index (χ3n) is 4.13. The molecule has 118 valence electrons. The first kappa shape index (κ1) is 17.3. The van der Waals surface area contributed by atoms with Crippen molar-refractivity contribution in [3.05, 3.63) is 0 Å². The average molecular weight is 283 g/mol. The van der Waals surface area contributed by atoms with Crippen LogP contribution in [0.25, 0.3) is 0 Å². The Hall–Kier alpha value is -0.770. The monoisotopic (exact) mass is 283 g/mol. The standard InChI is InChI=1S/C16H33N3O/c1-4-20-12-6-5-11-18-16(17-3)19-13-15-9-7-14(2)8-10-15/h14-15H,4-13H2,1-3H3,(H2,17,18,19). The Bertz CT molecular complexity index is 260. The number of guanidine groups is 1. The molecule has 0 bridgehead atoms. The molecule has 0 aromatic rings. The lowest BCUT2D eigenvalue weighted by Crippen LogP contribution is -2.40. The third kappa shape index (κ3) is 7.73. The van der Waals surface area contributed by atoms with Crippen molar-refractivity contribution in [1.82, 2.24) is 10.6 Å². The van der Waals surface area contributed by atoms with Gasteiger partial charge in [0.15, 0.2) is 5.96 Å². The summed E-state index contributed by atoms with van der Waals surface area (Å²) >= 11 is 0. The molecule has 0 spiro atoms. The normalized spacial score (nSPS) is 23.6. The molecule has 0 aromatic carbocycles. The highest BCUT2D eigenvalue weighted by Crippen LogP contribution is 2.27. The summed E-state index contributed by atoms with van der Waals surface area (Å²) in [5.41, 5.74) is 0. The first-order chi connectivity index (χ1) is 9.76. The molecule has 0 radical (unpaired) electrons. The molecule has 4 nitrogen and oxygen atoms in total. The fourth-order valence-electron chi connectivity index (χ4n) is 2.68.